The number of hydrogen-bond acceptors (Lipinski definition) is 5. The summed E-state index contributed by atoms with van der Waals surface area (Å²) >= 11 is 0. The predicted molar refractivity (Wildman–Crippen MR) is 72.2 cm³/mol. The zero-order valence-electron chi connectivity index (χ0n) is 12.0. The zero-order chi connectivity index (χ0) is 14.3. The minimum Gasteiger partial charge on any atom is -0.383 e. The van der Waals surface area contributed by atoms with E-state index >= 15 is 0 Å². The highest BCUT2D eigenvalue weighted by Gasteiger charge is 2.20. The van der Waals surface area contributed by atoms with Crippen LogP contribution in [0.2, 0.25) is 0 Å². The molecule has 108 valence electrons. The Bertz CT molecular complexity index is 397. The molecule has 0 bridgehead atoms. The number of H-pyrrole nitrogens is 1. The number of ether oxygens (including phenoxy) is 1. The van der Waals surface area contributed by atoms with Gasteiger partial charge in [-0.3, -0.25) is 9.89 Å². The first-order chi connectivity index (χ1) is 8.95. The molecule has 0 aliphatic carbocycles. The van der Waals surface area contributed by atoms with E-state index in [-0.39, 0.29) is 17.1 Å². The zero-order valence-corrected chi connectivity index (χ0v) is 12.0. The second-order valence-corrected chi connectivity index (χ2v) is 5.26. The number of nitrogens with one attached hydrogen (secondary N) is 3. The van der Waals surface area contributed by atoms with Crippen molar-refractivity contribution in [3.63, 3.8) is 0 Å². The number of nitrogens with zero attached hydrogens (tertiary/aromatic N) is 2. The molecular weight excluding hydrogens is 246 g/mol. The predicted octanol–water partition coefficient (Wildman–Crippen LogP) is 0.0680. The van der Waals surface area contributed by atoms with Crippen molar-refractivity contribution in [1.29, 1.82) is 0 Å². The van der Waals surface area contributed by atoms with Gasteiger partial charge in [0.2, 0.25) is 5.82 Å². The highest BCUT2D eigenvalue weighted by molar-refractivity contribution is 5.90. The molecule has 0 radical (unpaired) electrons. The maximum absolute atomic E-state index is 11.8. The van der Waals surface area contributed by atoms with Crippen LogP contribution in [0, 0.1) is 0 Å². The van der Waals surface area contributed by atoms with Gasteiger partial charge in [-0.05, 0) is 0 Å². The van der Waals surface area contributed by atoms with Gasteiger partial charge in [0.15, 0.2) is 0 Å². The number of hydrogen-bond donors (Lipinski definition) is 3. The van der Waals surface area contributed by atoms with Gasteiger partial charge in [0, 0.05) is 32.2 Å². The van der Waals surface area contributed by atoms with Crippen LogP contribution in [0.4, 0.5) is 0 Å². The molecule has 19 heavy (non-hydrogen) atoms. The summed E-state index contributed by atoms with van der Waals surface area (Å²) in [5.74, 6) is 0.623. The van der Waals surface area contributed by atoms with E-state index < -0.39 is 0 Å². The molecule has 0 unspecified atom stereocenters. The van der Waals surface area contributed by atoms with E-state index in [1.54, 1.807) is 7.11 Å². The first-order valence-electron chi connectivity index (χ1n) is 6.36. The molecule has 1 rings (SSSR count). The lowest BCUT2D eigenvalue weighted by molar-refractivity contribution is 0.0943. The smallest absolute Gasteiger partial charge is 0.291 e. The molecule has 7 nitrogen and oxygen atoms in total. The Balaban J connectivity index is 2.32. The maximum atomic E-state index is 11.8. The van der Waals surface area contributed by atoms with Crippen molar-refractivity contribution in [2.24, 2.45) is 0 Å². The first kappa shape index (κ1) is 15.6. The summed E-state index contributed by atoms with van der Waals surface area (Å²) in [5, 5.41) is 12.6. The fraction of sp³-hybridized carbons (Fsp3) is 0.750. The molecule has 0 aliphatic heterocycles. The Morgan fingerprint density at radius 1 is 1.32 bits per heavy atom. The standard InChI is InChI=1S/C12H23N5O2/c1-12(2,3)11-15-9(16-17-11)10(18)14-6-5-13-7-8-19-4/h13H,5-8H2,1-4H3,(H,14,18)(H,15,16,17). The summed E-state index contributed by atoms with van der Waals surface area (Å²) in [7, 11) is 1.65. The van der Waals surface area contributed by atoms with E-state index in [4.69, 9.17) is 4.74 Å². The monoisotopic (exact) mass is 269 g/mol. The molecule has 0 fully saturated rings. The maximum Gasteiger partial charge on any atom is 0.291 e. The van der Waals surface area contributed by atoms with Gasteiger partial charge in [-0.15, -0.1) is 5.10 Å². The van der Waals surface area contributed by atoms with Crippen LogP contribution in [0.25, 0.3) is 0 Å². The molecule has 0 saturated carbocycles. The van der Waals surface area contributed by atoms with E-state index in [9.17, 15) is 4.79 Å². The topological polar surface area (TPSA) is 91.9 Å². The summed E-state index contributed by atoms with van der Waals surface area (Å²) in [4.78, 5) is 16.0. The van der Waals surface area contributed by atoms with Crippen LogP contribution in [0.1, 0.15) is 37.2 Å². The molecule has 0 aromatic carbocycles. The SMILES string of the molecule is COCCNCCNC(=O)c1n[nH]c(C(C)(C)C)n1. The van der Waals surface area contributed by atoms with E-state index in [1.165, 1.54) is 0 Å². The highest BCUT2D eigenvalue weighted by Crippen LogP contribution is 2.17. The average Bonchev–Trinajstić information content (AvgIpc) is 2.82. The van der Waals surface area contributed by atoms with Crippen molar-refractivity contribution in [2.45, 2.75) is 26.2 Å². The normalized spacial score (nSPS) is 11.6. The van der Waals surface area contributed by atoms with Crippen LogP contribution in [-0.2, 0) is 10.2 Å². The largest absolute Gasteiger partial charge is 0.383 e. The summed E-state index contributed by atoms with van der Waals surface area (Å²) in [6, 6.07) is 0. The molecular formula is C12H23N5O2. The van der Waals surface area contributed by atoms with Crippen molar-refractivity contribution in [3.05, 3.63) is 11.6 Å². The summed E-state index contributed by atoms with van der Waals surface area (Å²) in [6.07, 6.45) is 0. The number of carbonyl (C=O) groups excluding carboxylic acids is 1. The molecule has 7 heteroatoms. The molecule has 1 aromatic heterocycles. The van der Waals surface area contributed by atoms with Gasteiger partial charge in [0.1, 0.15) is 5.82 Å². The van der Waals surface area contributed by atoms with Gasteiger partial charge in [-0.2, -0.15) is 0 Å². The minimum absolute atomic E-state index is 0.146. The van der Waals surface area contributed by atoms with E-state index in [0.29, 0.717) is 25.5 Å². The van der Waals surface area contributed by atoms with Crippen molar-refractivity contribution in [1.82, 2.24) is 25.8 Å². The molecule has 1 heterocycles. The van der Waals surface area contributed by atoms with E-state index in [0.717, 1.165) is 6.54 Å². The van der Waals surface area contributed by atoms with Crippen LogP contribution in [0.3, 0.4) is 0 Å². The Morgan fingerprint density at radius 3 is 2.63 bits per heavy atom. The quantitative estimate of drug-likeness (QED) is 0.609. The summed E-state index contributed by atoms with van der Waals surface area (Å²) in [6.45, 7) is 8.66. The van der Waals surface area contributed by atoms with Gasteiger partial charge in [0.05, 0.1) is 6.61 Å². The third-order valence-corrected chi connectivity index (χ3v) is 2.47. The number of amides is 1. The number of methoxy groups -OCH3 is 1. The lowest BCUT2D eigenvalue weighted by atomic mass is 9.96. The first-order valence-corrected chi connectivity index (χ1v) is 6.36. The lowest BCUT2D eigenvalue weighted by Gasteiger charge is -2.12. The van der Waals surface area contributed by atoms with Crippen LogP contribution >= 0.6 is 0 Å². The van der Waals surface area contributed by atoms with Gasteiger partial charge in [-0.25, -0.2) is 4.98 Å². The molecule has 0 atom stereocenters. The fourth-order valence-electron chi connectivity index (χ4n) is 1.34. The highest BCUT2D eigenvalue weighted by atomic mass is 16.5. The third kappa shape index (κ3) is 5.35. The Morgan fingerprint density at radius 2 is 2.05 bits per heavy atom. The summed E-state index contributed by atoms with van der Waals surface area (Å²) < 4.78 is 4.90. The Hall–Kier alpha value is -1.47. The molecule has 3 N–H and O–H groups in total. The number of aromatic amines is 1. The number of aromatic nitrogens is 3. The number of carbonyl (C=O) groups is 1. The number of rotatable bonds is 7. The van der Waals surface area contributed by atoms with Gasteiger partial charge < -0.3 is 15.4 Å². The lowest BCUT2D eigenvalue weighted by Crippen LogP contribution is -2.33. The summed E-state index contributed by atoms with van der Waals surface area (Å²) in [5.41, 5.74) is -0.146. The second-order valence-electron chi connectivity index (χ2n) is 5.26. The van der Waals surface area contributed by atoms with Crippen LogP contribution in [0.15, 0.2) is 0 Å². The van der Waals surface area contributed by atoms with E-state index in [2.05, 4.69) is 25.8 Å². The Kier molecular flexibility index (Phi) is 5.91. The molecule has 0 spiro atoms. The van der Waals surface area contributed by atoms with Crippen molar-refractivity contribution >= 4 is 5.91 Å². The van der Waals surface area contributed by atoms with Crippen LogP contribution in [-0.4, -0.2) is 54.4 Å². The Labute approximate surface area is 113 Å². The second kappa shape index (κ2) is 7.20. The van der Waals surface area contributed by atoms with Gasteiger partial charge in [-0.1, -0.05) is 20.8 Å². The molecule has 0 aliphatic rings. The molecule has 1 amide bonds. The molecule has 0 saturated heterocycles. The average molecular weight is 269 g/mol. The molecule has 1 aromatic rings. The third-order valence-electron chi connectivity index (χ3n) is 2.47. The van der Waals surface area contributed by atoms with Gasteiger partial charge >= 0.3 is 0 Å². The minimum atomic E-state index is -0.264. The van der Waals surface area contributed by atoms with E-state index in [1.807, 2.05) is 20.8 Å². The van der Waals surface area contributed by atoms with Gasteiger partial charge in [0.25, 0.3) is 5.91 Å². The fourth-order valence-corrected chi connectivity index (χ4v) is 1.34. The van der Waals surface area contributed by atoms with Crippen LogP contribution < -0.4 is 10.6 Å². The van der Waals surface area contributed by atoms with Crippen molar-refractivity contribution in [3.8, 4) is 0 Å². The van der Waals surface area contributed by atoms with Crippen molar-refractivity contribution in [2.75, 3.05) is 33.4 Å². The van der Waals surface area contributed by atoms with Crippen molar-refractivity contribution < 1.29 is 9.53 Å². The van der Waals surface area contributed by atoms with Crippen LogP contribution in [0.5, 0.6) is 0 Å².